The molecule has 0 spiro atoms. The fourth-order valence-electron chi connectivity index (χ4n) is 3.96. The Bertz CT molecular complexity index is 1140. The van der Waals surface area contributed by atoms with Crippen molar-refractivity contribution in [2.24, 2.45) is 0 Å². The first kappa shape index (κ1) is 21.3. The summed E-state index contributed by atoms with van der Waals surface area (Å²) in [6, 6.07) is 11.6. The normalized spacial score (nSPS) is 11.9. The molecule has 0 bridgehead atoms. The highest BCUT2D eigenvalue weighted by molar-refractivity contribution is 6.04. The number of nitrogens with zero attached hydrogens (tertiary/aromatic N) is 1. The number of hydrogen-bond donors (Lipinski definition) is 1. The van der Waals surface area contributed by atoms with E-state index in [1.807, 2.05) is 54.8 Å². The number of aromatic amines is 1. The first-order chi connectivity index (χ1) is 14.1. The molecule has 0 amide bonds. The van der Waals surface area contributed by atoms with Crippen molar-refractivity contribution in [3.63, 3.8) is 0 Å². The quantitative estimate of drug-likeness (QED) is 0.476. The van der Waals surface area contributed by atoms with E-state index in [1.54, 1.807) is 20.8 Å². The van der Waals surface area contributed by atoms with Crippen LogP contribution >= 0.6 is 0 Å². The number of ether oxygens (including phenoxy) is 1. The number of aryl methyl sites for hydroxylation is 2. The largest absolute Gasteiger partial charge is 0.450 e. The smallest absolute Gasteiger partial charge is 0.355 e. The minimum absolute atomic E-state index is 0.127. The van der Waals surface area contributed by atoms with Crippen LogP contribution in [0.3, 0.4) is 0 Å². The van der Waals surface area contributed by atoms with E-state index < -0.39 is 12.1 Å². The molecular formula is C24H26N2O4. The fourth-order valence-corrected chi connectivity index (χ4v) is 3.96. The van der Waals surface area contributed by atoms with Crippen LogP contribution in [0.15, 0.2) is 36.4 Å². The minimum atomic E-state index is -0.967. The summed E-state index contributed by atoms with van der Waals surface area (Å²) in [5, 5.41) is 0. The van der Waals surface area contributed by atoms with Gasteiger partial charge in [0, 0.05) is 33.9 Å². The summed E-state index contributed by atoms with van der Waals surface area (Å²) in [5.74, 6) is -1.05. The van der Waals surface area contributed by atoms with Crippen molar-refractivity contribution in [1.29, 1.82) is 0 Å². The zero-order chi connectivity index (χ0) is 22.2. The average molecular weight is 406 g/mol. The second kappa shape index (κ2) is 8.14. The van der Waals surface area contributed by atoms with Gasteiger partial charge in [-0.1, -0.05) is 18.2 Å². The minimum Gasteiger partial charge on any atom is -0.450 e. The van der Waals surface area contributed by atoms with E-state index in [4.69, 9.17) is 4.74 Å². The fraction of sp³-hybridized carbons (Fsp3) is 0.292. The number of ketones is 2. The van der Waals surface area contributed by atoms with Crippen LogP contribution in [0.5, 0.6) is 0 Å². The molecule has 6 nitrogen and oxygen atoms in total. The van der Waals surface area contributed by atoms with E-state index in [0.29, 0.717) is 22.4 Å². The third-order valence-electron chi connectivity index (χ3n) is 5.36. The molecule has 1 unspecified atom stereocenters. The number of aromatic nitrogens is 2. The number of benzene rings is 1. The molecule has 0 aliphatic heterocycles. The maximum Gasteiger partial charge on any atom is 0.355 e. The second-order valence-electron chi connectivity index (χ2n) is 7.55. The summed E-state index contributed by atoms with van der Waals surface area (Å²) >= 11 is 0. The number of hydrogen-bond acceptors (Lipinski definition) is 4. The predicted molar refractivity (Wildman–Crippen MR) is 115 cm³/mol. The molecule has 0 radical (unpaired) electrons. The van der Waals surface area contributed by atoms with E-state index in [0.717, 1.165) is 17.1 Å². The number of esters is 1. The SMILES string of the molecule is CC(=O)c1c(C)[nH]c(C(=O)OC(C)C(=O)c2cc(C)n(-c3ccccc3)c2C)c1C. The van der Waals surface area contributed by atoms with Crippen molar-refractivity contribution in [1.82, 2.24) is 9.55 Å². The summed E-state index contributed by atoms with van der Waals surface area (Å²) < 4.78 is 7.45. The van der Waals surface area contributed by atoms with Gasteiger partial charge in [-0.3, -0.25) is 9.59 Å². The third-order valence-corrected chi connectivity index (χ3v) is 5.36. The highest BCUT2D eigenvalue weighted by atomic mass is 16.5. The summed E-state index contributed by atoms with van der Waals surface area (Å²) in [5.41, 5.74) is 5.01. The molecule has 156 valence electrons. The Balaban J connectivity index is 1.85. The molecule has 2 heterocycles. The van der Waals surface area contributed by atoms with Gasteiger partial charge in [0.25, 0.3) is 0 Å². The second-order valence-corrected chi connectivity index (χ2v) is 7.55. The van der Waals surface area contributed by atoms with Gasteiger partial charge >= 0.3 is 5.97 Å². The molecule has 3 rings (SSSR count). The molecule has 0 aliphatic rings. The number of rotatable bonds is 6. The Morgan fingerprint density at radius 2 is 1.67 bits per heavy atom. The van der Waals surface area contributed by atoms with Crippen LogP contribution < -0.4 is 0 Å². The molecule has 1 aromatic carbocycles. The Kier molecular flexibility index (Phi) is 5.78. The molecule has 2 aromatic heterocycles. The first-order valence-corrected chi connectivity index (χ1v) is 9.83. The van der Waals surface area contributed by atoms with Gasteiger partial charge in [-0.25, -0.2) is 4.79 Å². The molecule has 3 aromatic rings. The van der Waals surface area contributed by atoms with Crippen molar-refractivity contribution < 1.29 is 19.1 Å². The summed E-state index contributed by atoms with van der Waals surface area (Å²) in [7, 11) is 0. The summed E-state index contributed by atoms with van der Waals surface area (Å²) in [6.45, 7) is 10.2. The lowest BCUT2D eigenvalue weighted by Gasteiger charge is -2.13. The molecule has 0 fully saturated rings. The molecule has 0 saturated carbocycles. The van der Waals surface area contributed by atoms with E-state index in [-0.39, 0.29) is 17.3 Å². The highest BCUT2D eigenvalue weighted by Crippen LogP contribution is 2.24. The predicted octanol–water partition coefficient (Wildman–Crippen LogP) is 4.67. The molecular weight excluding hydrogens is 380 g/mol. The number of Topliss-reactive ketones (excluding diaryl/α,β-unsaturated/α-hetero) is 2. The zero-order valence-corrected chi connectivity index (χ0v) is 18.1. The van der Waals surface area contributed by atoms with Crippen molar-refractivity contribution >= 4 is 17.5 Å². The van der Waals surface area contributed by atoms with Crippen LogP contribution in [0.2, 0.25) is 0 Å². The molecule has 0 aliphatic carbocycles. The maximum absolute atomic E-state index is 13.0. The van der Waals surface area contributed by atoms with Gasteiger partial charge < -0.3 is 14.3 Å². The van der Waals surface area contributed by atoms with E-state index in [1.165, 1.54) is 6.92 Å². The zero-order valence-electron chi connectivity index (χ0n) is 18.1. The Labute approximate surface area is 175 Å². The monoisotopic (exact) mass is 406 g/mol. The topological polar surface area (TPSA) is 81.2 Å². The Hall–Kier alpha value is -3.41. The van der Waals surface area contributed by atoms with E-state index in [2.05, 4.69) is 4.98 Å². The molecule has 1 N–H and O–H groups in total. The van der Waals surface area contributed by atoms with Gasteiger partial charge in [0.05, 0.1) is 0 Å². The van der Waals surface area contributed by atoms with Crippen LogP contribution in [0.4, 0.5) is 0 Å². The van der Waals surface area contributed by atoms with Crippen molar-refractivity contribution in [2.45, 2.75) is 47.6 Å². The van der Waals surface area contributed by atoms with E-state index in [9.17, 15) is 14.4 Å². The number of carbonyl (C=O) groups excluding carboxylic acids is 3. The summed E-state index contributed by atoms with van der Waals surface area (Å²) in [4.78, 5) is 40.4. The van der Waals surface area contributed by atoms with Crippen LogP contribution in [-0.2, 0) is 4.74 Å². The van der Waals surface area contributed by atoms with Crippen LogP contribution in [0.1, 0.15) is 67.7 Å². The van der Waals surface area contributed by atoms with Gasteiger partial charge in [0.15, 0.2) is 11.9 Å². The van der Waals surface area contributed by atoms with Crippen LogP contribution in [0, 0.1) is 27.7 Å². The standard InChI is InChI=1S/C24H26N2O4/c1-13-12-20(16(4)26(13)19-10-8-7-9-11-19)23(28)18(6)30-24(29)22-14(2)21(17(5)27)15(3)25-22/h7-12,18,25H,1-6H3. The molecule has 0 saturated heterocycles. The van der Waals surface area contributed by atoms with Gasteiger partial charge in [-0.2, -0.15) is 0 Å². The van der Waals surface area contributed by atoms with Crippen LogP contribution in [0.25, 0.3) is 5.69 Å². The summed E-state index contributed by atoms with van der Waals surface area (Å²) in [6.07, 6.45) is -0.967. The van der Waals surface area contributed by atoms with Crippen LogP contribution in [-0.4, -0.2) is 33.2 Å². The molecule has 6 heteroatoms. The van der Waals surface area contributed by atoms with Crippen molar-refractivity contribution in [2.75, 3.05) is 0 Å². The van der Waals surface area contributed by atoms with Gasteiger partial charge in [0.1, 0.15) is 5.69 Å². The van der Waals surface area contributed by atoms with E-state index >= 15 is 0 Å². The van der Waals surface area contributed by atoms with Gasteiger partial charge in [-0.05, 0) is 65.3 Å². The molecule has 1 atom stereocenters. The average Bonchev–Trinajstić information content (AvgIpc) is 3.16. The maximum atomic E-state index is 13.0. The lowest BCUT2D eigenvalue weighted by atomic mass is 10.1. The lowest BCUT2D eigenvalue weighted by Crippen LogP contribution is -2.25. The number of H-pyrrole nitrogens is 1. The first-order valence-electron chi connectivity index (χ1n) is 9.83. The Morgan fingerprint density at radius 1 is 1.03 bits per heavy atom. The number of nitrogens with one attached hydrogen (secondary N) is 1. The van der Waals surface area contributed by atoms with Gasteiger partial charge in [-0.15, -0.1) is 0 Å². The van der Waals surface area contributed by atoms with Crippen molar-refractivity contribution in [3.8, 4) is 5.69 Å². The number of carbonyl (C=O) groups is 3. The lowest BCUT2D eigenvalue weighted by molar-refractivity contribution is 0.0312. The third kappa shape index (κ3) is 3.73. The highest BCUT2D eigenvalue weighted by Gasteiger charge is 2.27. The number of para-hydroxylation sites is 1. The Morgan fingerprint density at radius 3 is 2.23 bits per heavy atom. The van der Waals surface area contributed by atoms with Gasteiger partial charge in [0.2, 0.25) is 5.78 Å². The van der Waals surface area contributed by atoms with Crippen molar-refractivity contribution in [3.05, 3.63) is 75.9 Å². The molecule has 30 heavy (non-hydrogen) atoms.